The summed E-state index contributed by atoms with van der Waals surface area (Å²) >= 11 is 12.3. The van der Waals surface area contributed by atoms with Gasteiger partial charge in [-0.3, -0.25) is 14.4 Å². The van der Waals surface area contributed by atoms with E-state index in [1.165, 1.54) is 55.2 Å². The molecule has 2 heterocycles. The van der Waals surface area contributed by atoms with E-state index in [-0.39, 0.29) is 101 Å². The third-order valence-electron chi connectivity index (χ3n) is 5.53. The second-order valence-corrected chi connectivity index (χ2v) is 14.8. The minimum absolute atomic E-state index is 0. The fourth-order valence-electron chi connectivity index (χ4n) is 3.08. The molecule has 69 heavy (non-hydrogen) atoms. The SMILES string of the molecule is C.C#CC#CC#CC#CC#CC#CC#CC#CC#CC#CC#CC#CC.COc1cc(C=O)c(Br)cc1O.COc1cc(C=O)c(Br)cc1Oc1cnc(N)s1.Cl.Nc1ncc(Br)s1.O=CO[O-].[Cs+]. The van der Waals surface area contributed by atoms with E-state index in [9.17, 15) is 14.7 Å². The van der Waals surface area contributed by atoms with Crippen LogP contribution < -0.4 is 99.8 Å². The van der Waals surface area contributed by atoms with Crippen molar-refractivity contribution in [1.82, 2.24) is 9.97 Å². The number of hydrogen-bond acceptors (Lipinski definition) is 15. The number of hydrogen-bond donors (Lipinski definition) is 3. The number of aromatic hydroxyl groups is 1. The maximum atomic E-state index is 10.8. The third kappa shape index (κ3) is 35.6. The summed E-state index contributed by atoms with van der Waals surface area (Å²) in [5.74, 6) is 58.1. The number of methoxy groups -OCH3 is 2. The van der Waals surface area contributed by atoms with Crippen LogP contribution in [0.3, 0.4) is 0 Å². The number of benzene rings is 2. The molecule has 5 N–H and O–H groups in total. The number of aldehydes is 2. The van der Waals surface area contributed by atoms with Gasteiger partial charge in [0.2, 0.25) is 5.06 Å². The van der Waals surface area contributed by atoms with Gasteiger partial charge in [0.05, 0.1) is 30.4 Å². The molecule has 0 saturated heterocycles. The normalized spacial score (nSPS) is 6.93. The Labute approximate surface area is 499 Å². The van der Waals surface area contributed by atoms with Crippen LogP contribution in [0, 0.1) is 143 Å². The van der Waals surface area contributed by atoms with E-state index in [4.69, 9.17) is 42.2 Å². The molecule has 2 aromatic heterocycles. The second-order valence-electron chi connectivity index (χ2n) is 9.64. The van der Waals surface area contributed by atoms with Crippen molar-refractivity contribution >= 4 is 112 Å². The zero-order chi connectivity index (χ0) is 49.2. The quantitative estimate of drug-likeness (QED) is 0.105. The van der Waals surface area contributed by atoms with Crippen LogP contribution in [0.2, 0.25) is 0 Å². The topological polar surface area (TPSA) is 209 Å². The summed E-state index contributed by atoms with van der Waals surface area (Å²) in [6.07, 6.45) is 9.54. The smallest absolute Gasteiger partial charge is 0.662 e. The minimum Gasteiger partial charge on any atom is -0.662 e. The molecule has 4 rings (SSSR count). The van der Waals surface area contributed by atoms with Gasteiger partial charge in [0.1, 0.15) is 0 Å². The van der Waals surface area contributed by atoms with E-state index >= 15 is 0 Å². The number of nitrogen functional groups attached to an aromatic ring is 2. The molecule has 4 aromatic rings. The Balaban J connectivity index is -0.000000418. The van der Waals surface area contributed by atoms with Crippen LogP contribution in [0.1, 0.15) is 35.1 Å². The van der Waals surface area contributed by atoms with Crippen molar-refractivity contribution in [2.45, 2.75) is 14.4 Å². The van der Waals surface area contributed by atoms with E-state index in [1.807, 2.05) is 0 Å². The summed E-state index contributed by atoms with van der Waals surface area (Å²) in [6, 6.07) is 6.14. The molecule has 0 unspecified atom stereocenters. The number of rotatable bonds is 7. The van der Waals surface area contributed by atoms with Gasteiger partial charge in [0.25, 0.3) is 6.47 Å². The molecule has 0 fully saturated rings. The van der Waals surface area contributed by atoms with Gasteiger partial charge >= 0.3 is 68.9 Å². The Morgan fingerprint density at radius 3 is 1.32 bits per heavy atom. The fraction of sp³-hybridized carbons (Fsp3) is 0.0816. The number of halogens is 4. The number of terminal acetylenes is 1. The third-order valence-corrected chi connectivity index (χ3v) is 8.91. The van der Waals surface area contributed by atoms with Crippen molar-refractivity contribution in [3.63, 3.8) is 0 Å². The van der Waals surface area contributed by atoms with E-state index in [0.717, 1.165) is 10.1 Å². The molecule has 340 valence electrons. The van der Waals surface area contributed by atoms with Crippen molar-refractivity contribution in [3.8, 4) is 171 Å². The number of ether oxygens (including phenoxy) is 3. The van der Waals surface area contributed by atoms with Gasteiger partial charge in [-0.1, -0.05) is 36.0 Å². The molecule has 0 saturated carbocycles. The number of carbonyl (C=O) groups excluding carboxylic acids is 3. The number of phenolic OH excluding ortho intramolecular Hbond substituents is 1. The summed E-state index contributed by atoms with van der Waals surface area (Å²) < 4.78 is 17.7. The summed E-state index contributed by atoms with van der Waals surface area (Å²) in [5, 5.41) is 19.3. The van der Waals surface area contributed by atoms with Crippen molar-refractivity contribution in [2.24, 2.45) is 0 Å². The van der Waals surface area contributed by atoms with Gasteiger partial charge in [0.15, 0.2) is 45.8 Å². The molecule has 0 amide bonds. The van der Waals surface area contributed by atoms with Crippen LogP contribution in [0.15, 0.2) is 49.4 Å². The standard InChI is InChI=1S/C25H4.C11H9BrN2O3S.C8H7BrO3.C3H3BrN2S.CH2O3.CH4.ClH.Cs/c1-3-5-7-9-11-13-15-17-19-21-23-25-24-22-20-18-16-14-12-10-8-6-4-2;1-16-8-2-6(5-15)7(12)3-9(8)17-10-4-14-11(13)18-10;1-12-8-2-5(4-10)6(9)3-7(8)11;4-2-1-6-3(5)7-2;2-1-4-3;;;/h1H,2H3;2-5H,1H3,(H2,13,14);2-4,11H,1H3;1H,(H2,5,6);1,3H;1H4;1H;/q;;;;;;;+1/p-1. The molecular weight excluding hydrogens is 1260 g/mol. The van der Waals surface area contributed by atoms with E-state index in [2.05, 4.69) is 199 Å². The van der Waals surface area contributed by atoms with Gasteiger partial charge in [-0.05, 0) is 174 Å². The van der Waals surface area contributed by atoms with Crippen LogP contribution in [-0.2, 0) is 9.68 Å². The monoisotopic (exact) mass is 1290 g/mol. The summed E-state index contributed by atoms with van der Waals surface area (Å²) in [7, 11) is 2.93. The number of aromatic nitrogens is 2. The first-order valence-corrected chi connectivity index (χ1v) is 20.7. The van der Waals surface area contributed by atoms with Gasteiger partial charge in [-0.2, -0.15) is 0 Å². The number of nitrogens with two attached hydrogens (primary N) is 2. The van der Waals surface area contributed by atoms with Crippen LogP contribution in [-0.4, -0.2) is 48.3 Å². The zero-order valence-corrected chi connectivity index (χ0v) is 48.9. The number of phenols is 1. The first kappa shape index (κ1) is 69.3. The van der Waals surface area contributed by atoms with Gasteiger partial charge in [-0.25, -0.2) is 9.97 Å². The molecule has 20 heteroatoms. The molecule has 0 aliphatic heterocycles. The summed E-state index contributed by atoms with van der Waals surface area (Å²) in [5.41, 5.74) is 11.7. The van der Waals surface area contributed by atoms with Crippen molar-refractivity contribution in [1.29, 1.82) is 0 Å². The first-order valence-electron chi connectivity index (χ1n) is 16.6. The van der Waals surface area contributed by atoms with Crippen LogP contribution in [0.25, 0.3) is 0 Å². The average molecular weight is 1290 g/mol. The molecule has 0 spiro atoms. The van der Waals surface area contributed by atoms with Crippen LogP contribution in [0.4, 0.5) is 10.3 Å². The Kier molecular flexibility index (Phi) is 47.1. The Bertz CT molecular complexity index is 3120. The van der Waals surface area contributed by atoms with Gasteiger partial charge in [-0.15, -0.1) is 18.8 Å². The van der Waals surface area contributed by atoms with Gasteiger partial charge < -0.3 is 40.9 Å². The molecule has 0 aliphatic carbocycles. The fourth-order valence-corrected chi connectivity index (χ4v) is 5.48. The van der Waals surface area contributed by atoms with Crippen LogP contribution >= 0.6 is 82.9 Å². The Morgan fingerprint density at radius 1 is 0.638 bits per heavy atom. The zero-order valence-electron chi connectivity index (χ0n) is 35.4. The number of nitrogens with zero attached hydrogens (tertiary/aromatic N) is 2. The van der Waals surface area contributed by atoms with E-state index in [1.54, 1.807) is 25.3 Å². The second kappa shape index (κ2) is 46.9. The predicted octanol–water partition coefficient (Wildman–Crippen LogP) is 3.74. The molecule has 0 aliphatic rings. The van der Waals surface area contributed by atoms with Crippen molar-refractivity contribution in [3.05, 3.63) is 60.5 Å². The number of thiazole rings is 2. The van der Waals surface area contributed by atoms with Crippen molar-refractivity contribution < 1.29 is 113 Å². The van der Waals surface area contributed by atoms with Crippen molar-refractivity contribution in [2.75, 3.05) is 25.7 Å². The summed E-state index contributed by atoms with van der Waals surface area (Å²) in [6.45, 7) is 1.51. The summed E-state index contributed by atoms with van der Waals surface area (Å²) in [4.78, 5) is 40.2. The van der Waals surface area contributed by atoms with E-state index in [0.29, 0.717) is 58.9 Å². The molecule has 0 bridgehead atoms. The van der Waals surface area contributed by atoms with Gasteiger partial charge in [0, 0.05) is 55.6 Å². The molecular formula is C49H29Br3ClCsN4O9S2. The largest absolute Gasteiger partial charge is 1.00 e. The number of anilines is 2. The molecule has 13 nitrogen and oxygen atoms in total. The van der Waals surface area contributed by atoms with E-state index < -0.39 is 0 Å². The Morgan fingerprint density at radius 2 is 1.01 bits per heavy atom. The predicted molar refractivity (Wildman–Crippen MR) is 276 cm³/mol. The van der Waals surface area contributed by atoms with Crippen LogP contribution in [0.5, 0.6) is 28.1 Å². The molecule has 0 radical (unpaired) electrons. The average Bonchev–Trinajstić information content (AvgIpc) is 3.92. The maximum absolute atomic E-state index is 10.8. The number of carbonyl (C=O) groups is 3. The first-order chi connectivity index (χ1) is 31.9. The molecule has 2 aromatic carbocycles. The maximum Gasteiger partial charge on any atom is 1.00 e. The minimum atomic E-state index is -0.181. The Hall–Kier alpha value is -6.23. The molecule has 0 atom stereocenters.